The van der Waals surface area contributed by atoms with Gasteiger partial charge in [-0.25, -0.2) is 0 Å². The smallest absolute Gasteiger partial charge is 0.0927 e. The second kappa shape index (κ2) is 6.16. The molecule has 0 fully saturated rings. The third kappa shape index (κ3) is 3.26. The first-order valence-electron chi connectivity index (χ1n) is 7.48. The average Bonchev–Trinajstić information content (AvgIpc) is 2.88. The van der Waals surface area contributed by atoms with Crippen LogP contribution in [0.5, 0.6) is 0 Å². The highest BCUT2D eigenvalue weighted by Crippen LogP contribution is 2.19. The van der Waals surface area contributed by atoms with Crippen molar-refractivity contribution in [2.45, 2.75) is 13.5 Å². The maximum Gasteiger partial charge on any atom is 0.0927 e. The molecular weight excluding hydrogens is 270 g/mol. The molecule has 112 valence electrons. The first kappa shape index (κ1) is 14.5. The number of aryl methyl sites for hydroxylation is 1. The van der Waals surface area contributed by atoms with Gasteiger partial charge in [0.2, 0.25) is 0 Å². The Labute approximate surface area is 131 Å². The molecule has 0 aliphatic heterocycles. The van der Waals surface area contributed by atoms with Gasteiger partial charge in [-0.15, -0.1) is 0 Å². The van der Waals surface area contributed by atoms with E-state index in [0.717, 1.165) is 23.1 Å². The van der Waals surface area contributed by atoms with Crippen LogP contribution in [-0.2, 0) is 6.54 Å². The van der Waals surface area contributed by atoms with Gasteiger partial charge >= 0.3 is 0 Å². The van der Waals surface area contributed by atoms with E-state index < -0.39 is 0 Å². The van der Waals surface area contributed by atoms with Gasteiger partial charge in [-0.1, -0.05) is 42.5 Å². The van der Waals surface area contributed by atoms with Crippen molar-refractivity contribution in [2.75, 3.05) is 14.1 Å². The number of aromatic amines is 1. The Morgan fingerprint density at radius 2 is 1.82 bits per heavy atom. The lowest BCUT2D eigenvalue weighted by molar-refractivity contribution is 0.402. The van der Waals surface area contributed by atoms with E-state index >= 15 is 0 Å². The van der Waals surface area contributed by atoms with Gasteiger partial charge in [0.1, 0.15) is 0 Å². The second-order valence-electron chi connectivity index (χ2n) is 5.97. The highest BCUT2D eigenvalue weighted by atomic mass is 15.1. The van der Waals surface area contributed by atoms with Crippen molar-refractivity contribution in [3.8, 4) is 0 Å². The zero-order valence-electron chi connectivity index (χ0n) is 13.3. The number of hydrogen-bond acceptors (Lipinski definition) is 2. The van der Waals surface area contributed by atoms with Gasteiger partial charge in [-0.05, 0) is 49.9 Å². The first-order chi connectivity index (χ1) is 10.6. The normalized spacial score (nSPS) is 11.8. The zero-order chi connectivity index (χ0) is 15.5. The predicted octanol–water partition coefficient (Wildman–Crippen LogP) is 4.10. The van der Waals surface area contributed by atoms with Crippen LogP contribution in [0.1, 0.15) is 22.4 Å². The molecule has 1 N–H and O–H groups in total. The quantitative estimate of drug-likeness (QED) is 0.784. The molecule has 0 saturated heterocycles. The summed E-state index contributed by atoms with van der Waals surface area (Å²) in [7, 11) is 4.16. The number of hydrogen-bond donors (Lipinski definition) is 1. The van der Waals surface area contributed by atoms with E-state index in [9.17, 15) is 0 Å². The molecule has 0 aliphatic carbocycles. The third-order valence-corrected chi connectivity index (χ3v) is 3.66. The molecule has 1 aromatic heterocycles. The fraction of sp³-hybridized carbons (Fsp3) is 0.211. The van der Waals surface area contributed by atoms with Crippen LogP contribution in [0.2, 0.25) is 0 Å². The molecule has 0 atom stereocenters. The molecule has 0 radical (unpaired) electrons. The van der Waals surface area contributed by atoms with Crippen LogP contribution in [0.3, 0.4) is 0 Å². The molecule has 0 saturated carbocycles. The van der Waals surface area contributed by atoms with Crippen LogP contribution in [0.15, 0.2) is 42.5 Å². The van der Waals surface area contributed by atoms with E-state index in [1.54, 1.807) is 0 Å². The van der Waals surface area contributed by atoms with Crippen LogP contribution < -0.4 is 0 Å². The van der Waals surface area contributed by atoms with Gasteiger partial charge in [0, 0.05) is 11.9 Å². The summed E-state index contributed by atoms with van der Waals surface area (Å²) >= 11 is 0. The molecule has 0 amide bonds. The highest BCUT2D eigenvalue weighted by Gasteiger charge is 2.02. The topological polar surface area (TPSA) is 31.9 Å². The van der Waals surface area contributed by atoms with Crippen LogP contribution in [0, 0.1) is 6.92 Å². The summed E-state index contributed by atoms with van der Waals surface area (Å²) in [6, 6.07) is 15.0. The Kier molecular flexibility index (Phi) is 4.07. The molecule has 3 nitrogen and oxygen atoms in total. The van der Waals surface area contributed by atoms with Crippen molar-refractivity contribution in [1.29, 1.82) is 0 Å². The molecule has 3 rings (SSSR count). The van der Waals surface area contributed by atoms with Crippen LogP contribution in [-0.4, -0.2) is 29.2 Å². The van der Waals surface area contributed by atoms with Crippen LogP contribution >= 0.6 is 0 Å². The fourth-order valence-corrected chi connectivity index (χ4v) is 2.56. The standard InChI is InChI=1S/C19H21N3/c1-14-4-10-17-18(20-21-19(17)12-14)11-9-15-5-7-16(8-6-15)13-22(2)3/h4-12H,13H2,1-3H3,(H,20,21)/b11-9+. The zero-order valence-corrected chi connectivity index (χ0v) is 13.3. The number of rotatable bonds is 4. The Balaban J connectivity index is 1.80. The summed E-state index contributed by atoms with van der Waals surface area (Å²) in [6.07, 6.45) is 4.17. The van der Waals surface area contributed by atoms with Gasteiger partial charge in [0.25, 0.3) is 0 Å². The largest absolute Gasteiger partial charge is 0.305 e. The molecule has 0 aliphatic rings. The third-order valence-electron chi connectivity index (χ3n) is 3.66. The minimum Gasteiger partial charge on any atom is -0.305 e. The Bertz CT molecular complexity index is 795. The van der Waals surface area contributed by atoms with Crippen molar-refractivity contribution >= 4 is 23.1 Å². The number of nitrogens with one attached hydrogen (secondary N) is 1. The van der Waals surface area contributed by atoms with Crippen molar-refractivity contribution in [3.05, 3.63) is 64.8 Å². The van der Waals surface area contributed by atoms with E-state index in [2.05, 4.69) is 90.7 Å². The fourth-order valence-electron chi connectivity index (χ4n) is 2.56. The minimum absolute atomic E-state index is 0.966. The summed E-state index contributed by atoms with van der Waals surface area (Å²) < 4.78 is 0. The SMILES string of the molecule is Cc1ccc2c(/C=C/c3ccc(CN(C)C)cc3)n[nH]c2c1. The van der Waals surface area contributed by atoms with E-state index in [1.165, 1.54) is 16.7 Å². The van der Waals surface area contributed by atoms with Gasteiger partial charge in [-0.3, -0.25) is 5.10 Å². The van der Waals surface area contributed by atoms with E-state index in [0.29, 0.717) is 0 Å². The number of nitrogens with zero attached hydrogens (tertiary/aromatic N) is 2. The lowest BCUT2D eigenvalue weighted by Gasteiger charge is -2.09. The Morgan fingerprint density at radius 3 is 2.55 bits per heavy atom. The number of benzene rings is 2. The monoisotopic (exact) mass is 291 g/mol. The van der Waals surface area contributed by atoms with Crippen molar-refractivity contribution in [3.63, 3.8) is 0 Å². The highest BCUT2D eigenvalue weighted by molar-refractivity contribution is 5.89. The van der Waals surface area contributed by atoms with Gasteiger partial charge < -0.3 is 4.90 Å². The Hall–Kier alpha value is -2.39. The molecule has 0 bridgehead atoms. The van der Waals surface area contributed by atoms with Gasteiger partial charge in [0.15, 0.2) is 0 Å². The average molecular weight is 291 g/mol. The maximum absolute atomic E-state index is 4.39. The molecule has 2 aromatic carbocycles. The lowest BCUT2D eigenvalue weighted by atomic mass is 10.1. The molecular formula is C19H21N3. The summed E-state index contributed by atoms with van der Waals surface area (Å²) in [5.74, 6) is 0. The molecule has 0 unspecified atom stereocenters. The number of fused-ring (bicyclic) bond motifs is 1. The van der Waals surface area contributed by atoms with Crippen molar-refractivity contribution < 1.29 is 0 Å². The second-order valence-corrected chi connectivity index (χ2v) is 5.97. The van der Waals surface area contributed by atoms with Crippen molar-refractivity contribution in [2.24, 2.45) is 0 Å². The molecule has 3 heteroatoms. The maximum atomic E-state index is 4.39. The first-order valence-corrected chi connectivity index (χ1v) is 7.48. The van der Waals surface area contributed by atoms with Gasteiger partial charge in [0.05, 0.1) is 11.2 Å². The summed E-state index contributed by atoms with van der Waals surface area (Å²) in [5.41, 5.74) is 5.81. The van der Waals surface area contributed by atoms with Crippen molar-refractivity contribution in [1.82, 2.24) is 15.1 Å². The number of aromatic nitrogens is 2. The summed E-state index contributed by atoms with van der Waals surface area (Å²) in [5, 5.41) is 8.64. The summed E-state index contributed by atoms with van der Waals surface area (Å²) in [6.45, 7) is 3.05. The molecule has 1 heterocycles. The summed E-state index contributed by atoms with van der Waals surface area (Å²) in [4.78, 5) is 2.17. The van der Waals surface area contributed by atoms with Crippen LogP contribution in [0.4, 0.5) is 0 Å². The van der Waals surface area contributed by atoms with E-state index in [-0.39, 0.29) is 0 Å². The predicted molar refractivity (Wildman–Crippen MR) is 93.6 cm³/mol. The van der Waals surface area contributed by atoms with Gasteiger partial charge in [-0.2, -0.15) is 5.10 Å². The molecule has 0 spiro atoms. The Morgan fingerprint density at radius 1 is 1.05 bits per heavy atom. The molecule has 3 aromatic rings. The minimum atomic E-state index is 0.966. The van der Waals surface area contributed by atoms with E-state index in [4.69, 9.17) is 0 Å². The van der Waals surface area contributed by atoms with Crippen LogP contribution in [0.25, 0.3) is 23.1 Å². The molecule has 22 heavy (non-hydrogen) atoms. The van der Waals surface area contributed by atoms with E-state index in [1.807, 2.05) is 0 Å². The lowest BCUT2D eigenvalue weighted by Crippen LogP contribution is -2.10. The number of H-pyrrole nitrogens is 1.